The highest BCUT2D eigenvalue weighted by atomic mass is 79.9. The number of carbonyl (C=O) groups excluding carboxylic acids is 1. The number of halogens is 1. The molecule has 0 bridgehead atoms. The van der Waals surface area contributed by atoms with Gasteiger partial charge in [0.25, 0.3) is 5.88 Å². The van der Waals surface area contributed by atoms with Crippen LogP contribution in [0.5, 0.6) is 5.88 Å². The van der Waals surface area contributed by atoms with Crippen molar-refractivity contribution in [2.45, 2.75) is 58.3 Å². The summed E-state index contributed by atoms with van der Waals surface area (Å²) < 4.78 is 15.7. The average Bonchev–Trinajstić information content (AvgIpc) is 2.97. The van der Waals surface area contributed by atoms with Crippen LogP contribution in [0.3, 0.4) is 0 Å². The molecule has 0 fully saturated rings. The van der Waals surface area contributed by atoms with Crippen LogP contribution >= 0.6 is 15.9 Å². The summed E-state index contributed by atoms with van der Waals surface area (Å²) in [5.74, 6) is 0.249. The number of alkyl halides is 1. The van der Waals surface area contributed by atoms with Crippen LogP contribution in [-0.2, 0) is 9.53 Å². The number of unbranched alkanes of at least 4 members (excludes halogenated alkanes) is 5. The van der Waals surface area contributed by atoms with E-state index in [9.17, 15) is 4.79 Å². The van der Waals surface area contributed by atoms with E-state index in [4.69, 9.17) is 14.0 Å². The van der Waals surface area contributed by atoms with E-state index >= 15 is 0 Å². The fraction of sp³-hybridized carbons (Fsp3) is 0.765. The van der Waals surface area contributed by atoms with Gasteiger partial charge in [0.15, 0.2) is 5.76 Å². The molecule has 0 amide bonds. The van der Waals surface area contributed by atoms with Gasteiger partial charge in [-0.15, -0.1) is 0 Å². The highest BCUT2D eigenvalue weighted by Gasteiger charge is 2.29. The minimum Gasteiger partial charge on any atom is -0.476 e. The van der Waals surface area contributed by atoms with Crippen LogP contribution in [-0.4, -0.2) is 30.2 Å². The standard InChI is InChI=1S/C17H28BrNO4/c1-13(2)16(17(20)21-3)14-12-15(19-23-14)22-11-9-7-5-4-6-8-10-18/h12-13,16H,4-11H2,1-3H3. The Hall–Kier alpha value is -1.04. The fourth-order valence-corrected chi connectivity index (χ4v) is 2.81. The predicted molar refractivity (Wildman–Crippen MR) is 93.1 cm³/mol. The Morgan fingerprint density at radius 1 is 1.22 bits per heavy atom. The molecular weight excluding hydrogens is 362 g/mol. The number of esters is 1. The van der Waals surface area contributed by atoms with E-state index in [0.717, 1.165) is 18.2 Å². The molecule has 0 N–H and O–H groups in total. The Kier molecular flexibility index (Phi) is 9.99. The molecule has 0 aromatic carbocycles. The number of nitrogens with zero attached hydrogens (tertiary/aromatic N) is 1. The molecule has 0 aliphatic heterocycles. The maximum Gasteiger partial charge on any atom is 0.316 e. The van der Waals surface area contributed by atoms with Gasteiger partial charge in [0.2, 0.25) is 0 Å². The fourth-order valence-electron chi connectivity index (χ4n) is 2.41. The van der Waals surface area contributed by atoms with Gasteiger partial charge in [0, 0.05) is 11.4 Å². The van der Waals surface area contributed by atoms with Crippen molar-refractivity contribution < 1.29 is 18.8 Å². The zero-order valence-corrected chi connectivity index (χ0v) is 15.9. The van der Waals surface area contributed by atoms with E-state index in [0.29, 0.717) is 18.2 Å². The molecule has 1 atom stereocenters. The van der Waals surface area contributed by atoms with Gasteiger partial charge in [-0.1, -0.05) is 55.5 Å². The SMILES string of the molecule is COC(=O)C(c1cc(OCCCCCCCCBr)no1)C(C)C. The first-order valence-corrected chi connectivity index (χ1v) is 9.45. The van der Waals surface area contributed by atoms with Crippen LogP contribution in [0.2, 0.25) is 0 Å². The second-order valence-electron chi connectivity index (χ2n) is 5.97. The van der Waals surface area contributed by atoms with Gasteiger partial charge in [-0.2, -0.15) is 0 Å². The Morgan fingerprint density at radius 3 is 2.48 bits per heavy atom. The lowest BCUT2D eigenvalue weighted by atomic mass is 9.93. The molecule has 0 spiro atoms. The number of carbonyl (C=O) groups is 1. The highest BCUT2D eigenvalue weighted by molar-refractivity contribution is 9.09. The van der Waals surface area contributed by atoms with Crippen LogP contribution in [0.15, 0.2) is 10.6 Å². The van der Waals surface area contributed by atoms with Crippen LogP contribution in [0.4, 0.5) is 0 Å². The maximum atomic E-state index is 11.8. The minimum absolute atomic E-state index is 0.0720. The molecule has 1 unspecified atom stereocenters. The predicted octanol–water partition coefficient (Wildman–Crippen LogP) is 4.70. The molecule has 6 heteroatoms. The minimum atomic E-state index is -0.445. The molecule has 1 rings (SSSR count). The summed E-state index contributed by atoms with van der Waals surface area (Å²) in [7, 11) is 1.38. The van der Waals surface area contributed by atoms with Gasteiger partial charge in [0.05, 0.1) is 13.7 Å². The third-order valence-electron chi connectivity index (χ3n) is 3.71. The average molecular weight is 390 g/mol. The molecule has 132 valence electrons. The van der Waals surface area contributed by atoms with Crippen LogP contribution in [0.25, 0.3) is 0 Å². The topological polar surface area (TPSA) is 61.6 Å². The lowest BCUT2D eigenvalue weighted by Crippen LogP contribution is -2.19. The summed E-state index contributed by atoms with van der Waals surface area (Å²) in [5, 5.41) is 4.98. The van der Waals surface area contributed by atoms with E-state index in [2.05, 4.69) is 21.1 Å². The molecule has 0 saturated heterocycles. The molecule has 0 saturated carbocycles. The molecule has 0 aliphatic rings. The summed E-state index contributed by atoms with van der Waals surface area (Å²) in [6.07, 6.45) is 7.19. The molecule has 5 nitrogen and oxygen atoms in total. The van der Waals surface area contributed by atoms with Gasteiger partial charge in [-0.25, -0.2) is 0 Å². The largest absolute Gasteiger partial charge is 0.476 e. The first kappa shape index (κ1) is 20.0. The molecule has 23 heavy (non-hydrogen) atoms. The third-order valence-corrected chi connectivity index (χ3v) is 4.27. The summed E-state index contributed by atoms with van der Waals surface area (Å²) in [5.41, 5.74) is 0. The number of methoxy groups -OCH3 is 1. The zero-order valence-electron chi connectivity index (χ0n) is 14.3. The van der Waals surface area contributed by atoms with Crippen molar-refractivity contribution in [1.82, 2.24) is 5.16 Å². The van der Waals surface area contributed by atoms with Crippen molar-refractivity contribution in [3.05, 3.63) is 11.8 Å². The molecule has 1 aromatic heterocycles. The first-order valence-electron chi connectivity index (χ1n) is 8.33. The second-order valence-corrected chi connectivity index (χ2v) is 6.76. The second kappa shape index (κ2) is 11.5. The van der Waals surface area contributed by atoms with E-state index in [1.54, 1.807) is 6.07 Å². The van der Waals surface area contributed by atoms with Crippen LogP contribution in [0, 0.1) is 5.92 Å². The van der Waals surface area contributed by atoms with Crippen LogP contribution in [0.1, 0.15) is 64.1 Å². The van der Waals surface area contributed by atoms with Gasteiger partial charge in [0.1, 0.15) is 5.92 Å². The monoisotopic (exact) mass is 389 g/mol. The van der Waals surface area contributed by atoms with Crippen LogP contribution < -0.4 is 4.74 Å². The quantitative estimate of drug-likeness (QED) is 0.294. The molecule has 0 aliphatic carbocycles. The van der Waals surface area contributed by atoms with Crippen molar-refractivity contribution >= 4 is 21.9 Å². The van der Waals surface area contributed by atoms with E-state index in [1.165, 1.54) is 32.8 Å². The van der Waals surface area contributed by atoms with Gasteiger partial charge < -0.3 is 14.0 Å². The van der Waals surface area contributed by atoms with E-state index in [1.807, 2.05) is 13.8 Å². The molecule has 0 radical (unpaired) electrons. The summed E-state index contributed by atoms with van der Waals surface area (Å²) in [4.78, 5) is 11.8. The van der Waals surface area contributed by atoms with E-state index < -0.39 is 5.92 Å². The van der Waals surface area contributed by atoms with Gasteiger partial charge >= 0.3 is 5.97 Å². The summed E-state index contributed by atoms with van der Waals surface area (Å²) in [6, 6.07) is 1.69. The number of rotatable bonds is 12. The first-order chi connectivity index (χ1) is 11.1. The normalized spacial score (nSPS) is 12.4. The Labute approximate surface area is 147 Å². The number of ether oxygens (including phenoxy) is 2. The van der Waals surface area contributed by atoms with Crippen molar-refractivity contribution in [3.63, 3.8) is 0 Å². The summed E-state index contributed by atoms with van der Waals surface area (Å²) in [6.45, 7) is 4.51. The number of hydrogen-bond acceptors (Lipinski definition) is 5. The highest BCUT2D eigenvalue weighted by Crippen LogP contribution is 2.28. The number of hydrogen-bond donors (Lipinski definition) is 0. The molecule has 1 heterocycles. The van der Waals surface area contributed by atoms with Crippen molar-refractivity contribution in [2.75, 3.05) is 19.0 Å². The Bertz CT molecular complexity index is 448. The third kappa shape index (κ3) is 7.38. The molecule has 1 aromatic rings. The van der Waals surface area contributed by atoms with Gasteiger partial charge in [-0.3, -0.25) is 4.79 Å². The van der Waals surface area contributed by atoms with E-state index in [-0.39, 0.29) is 11.9 Å². The lowest BCUT2D eigenvalue weighted by molar-refractivity contribution is -0.144. The van der Waals surface area contributed by atoms with Gasteiger partial charge in [-0.05, 0) is 23.9 Å². The Balaban J connectivity index is 2.32. The lowest BCUT2D eigenvalue weighted by Gasteiger charge is -2.14. The zero-order chi connectivity index (χ0) is 17.1. The summed E-state index contributed by atoms with van der Waals surface area (Å²) >= 11 is 3.44. The smallest absolute Gasteiger partial charge is 0.316 e. The van der Waals surface area contributed by atoms with Crippen molar-refractivity contribution in [1.29, 1.82) is 0 Å². The molecular formula is C17H28BrNO4. The van der Waals surface area contributed by atoms with Crippen molar-refractivity contribution in [3.8, 4) is 5.88 Å². The van der Waals surface area contributed by atoms with Crippen molar-refractivity contribution in [2.24, 2.45) is 5.92 Å². The number of aromatic nitrogens is 1. The Morgan fingerprint density at radius 2 is 1.87 bits per heavy atom. The maximum absolute atomic E-state index is 11.8.